The van der Waals surface area contributed by atoms with Gasteiger partial charge in [0, 0.05) is 18.6 Å². The van der Waals surface area contributed by atoms with E-state index in [9.17, 15) is 9.59 Å². The Kier molecular flexibility index (Phi) is 5.52. The van der Waals surface area contributed by atoms with Crippen LogP contribution in [0.5, 0.6) is 0 Å². The zero-order chi connectivity index (χ0) is 13.5. The molecule has 0 aliphatic rings. The Labute approximate surface area is 107 Å². The number of carbonyl (C=O) groups is 2. The summed E-state index contributed by atoms with van der Waals surface area (Å²) in [6.45, 7) is 2.11. The molecule has 0 radical (unpaired) electrons. The third kappa shape index (κ3) is 3.67. The predicted molar refractivity (Wildman–Crippen MR) is 67.3 cm³/mol. The van der Waals surface area contributed by atoms with Crippen molar-refractivity contribution in [2.45, 2.75) is 20.0 Å². The topological polar surface area (TPSA) is 52.6 Å². The first-order valence-corrected chi connectivity index (χ1v) is 5.78. The fourth-order valence-electron chi connectivity index (χ4n) is 1.73. The van der Waals surface area contributed by atoms with Crippen LogP contribution in [0.3, 0.4) is 0 Å². The van der Waals surface area contributed by atoms with Gasteiger partial charge in [0.2, 0.25) is 0 Å². The van der Waals surface area contributed by atoms with E-state index >= 15 is 0 Å². The average Bonchev–Trinajstić information content (AvgIpc) is 2.38. The van der Waals surface area contributed by atoms with E-state index in [4.69, 9.17) is 4.74 Å². The average molecular weight is 250 g/mol. The Bertz CT molecular complexity index is 426. The number of rotatable bonds is 6. The summed E-state index contributed by atoms with van der Waals surface area (Å²) in [7, 11) is 2.90. The van der Waals surface area contributed by atoms with Crippen molar-refractivity contribution in [3.63, 3.8) is 0 Å². The molecule has 1 aromatic carbocycles. The summed E-state index contributed by atoms with van der Waals surface area (Å²) in [6, 6.07) is 7.26. The number of carbonyl (C=O) groups excluding carboxylic acids is 2. The lowest BCUT2D eigenvalue weighted by Crippen LogP contribution is -2.18. The molecule has 0 spiro atoms. The molecule has 18 heavy (non-hydrogen) atoms. The van der Waals surface area contributed by atoms with Gasteiger partial charge in [0.05, 0.1) is 20.1 Å². The lowest BCUT2D eigenvalue weighted by Gasteiger charge is -2.12. The van der Waals surface area contributed by atoms with Crippen LogP contribution in [0.2, 0.25) is 0 Å². The highest BCUT2D eigenvalue weighted by Crippen LogP contribution is 2.17. The van der Waals surface area contributed by atoms with Crippen molar-refractivity contribution in [2.24, 2.45) is 5.92 Å². The highest BCUT2D eigenvalue weighted by atomic mass is 16.5. The molecule has 4 heteroatoms. The Morgan fingerprint density at radius 1 is 1.22 bits per heavy atom. The van der Waals surface area contributed by atoms with Crippen LogP contribution in [0, 0.1) is 5.92 Å². The third-order valence-electron chi connectivity index (χ3n) is 2.73. The zero-order valence-electron chi connectivity index (χ0n) is 10.9. The maximum Gasteiger partial charge on any atom is 0.306 e. The second kappa shape index (κ2) is 6.91. The van der Waals surface area contributed by atoms with Crippen LogP contribution in [-0.2, 0) is 20.9 Å². The number of benzene rings is 1. The fourth-order valence-corrected chi connectivity index (χ4v) is 1.73. The highest BCUT2D eigenvalue weighted by molar-refractivity contribution is 6.00. The molecular formula is C14H18O4. The van der Waals surface area contributed by atoms with Crippen molar-refractivity contribution >= 4 is 11.8 Å². The molecule has 0 heterocycles. The maximum atomic E-state index is 12.2. The van der Waals surface area contributed by atoms with Crippen LogP contribution in [-0.4, -0.2) is 26.0 Å². The fraction of sp³-hybridized carbons (Fsp3) is 0.429. The van der Waals surface area contributed by atoms with Crippen LogP contribution >= 0.6 is 0 Å². The standard InChI is InChI=1S/C14H18O4/c1-10(8-13(15)18-3)14(16)12-7-5-4-6-11(12)9-17-2/h4-7,10H,8-9H2,1-3H3. The first kappa shape index (κ1) is 14.4. The number of hydrogen-bond donors (Lipinski definition) is 0. The SMILES string of the molecule is COCc1ccccc1C(=O)C(C)CC(=O)OC. The van der Waals surface area contributed by atoms with E-state index in [1.807, 2.05) is 12.1 Å². The van der Waals surface area contributed by atoms with Crippen molar-refractivity contribution in [3.8, 4) is 0 Å². The van der Waals surface area contributed by atoms with Gasteiger partial charge in [-0.2, -0.15) is 0 Å². The van der Waals surface area contributed by atoms with Crippen molar-refractivity contribution in [1.29, 1.82) is 0 Å². The lowest BCUT2D eigenvalue weighted by atomic mass is 9.93. The summed E-state index contributed by atoms with van der Waals surface area (Å²) < 4.78 is 9.63. The van der Waals surface area contributed by atoms with Gasteiger partial charge in [-0.15, -0.1) is 0 Å². The molecule has 0 aliphatic carbocycles. The molecule has 1 atom stereocenters. The number of ether oxygens (including phenoxy) is 2. The molecule has 98 valence electrons. The molecule has 0 amide bonds. The van der Waals surface area contributed by atoms with E-state index in [1.165, 1.54) is 7.11 Å². The van der Waals surface area contributed by atoms with Gasteiger partial charge >= 0.3 is 5.97 Å². The van der Waals surface area contributed by atoms with Crippen LogP contribution in [0.1, 0.15) is 29.3 Å². The molecule has 0 aromatic heterocycles. The summed E-state index contributed by atoms with van der Waals surface area (Å²) in [5.41, 5.74) is 1.44. The maximum absolute atomic E-state index is 12.2. The molecule has 0 saturated heterocycles. The van der Waals surface area contributed by atoms with Gasteiger partial charge in [0.1, 0.15) is 0 Å². The summed E-state index contributed by atoms with van der Waals surface area (Å²) in [5.74, 6) is -0.830. The second-order valence-electron chi connectivity index (χ2n) is 4.14. The molecule has 1 rings (SSSR count). The normalized spacial score (nSPS) is 11.9. The molecule has 1 unspecified atom stereocenters. The van der Waals surface area contributed by atoms with E-state index in [0.717, 1.165) is 5.56 Å². The summed E-state index contributed by atoms with van der Waals surface area (Å²) in [6.07, 6.45) is 0.0939. The van der Waals surface area contributed by atoms with Gasteiger partial charge in [-0.3, -0.25) is 9.59 Å². The molecule has 4 nitrogen and oxygen atoms in total. The Hall–Kier alpha value is -1.68. The highest BCUT2D eigenvalue weighted by Gasteiger charge is 2.20. The van der Waals surface area contributed by atoms with E-state index < -0.39 is 5.92 Å². The molecule has 1 aromatic rings. The molecule has 0 fully saturated rings. The minimum absolute atomic E-state index is 0.0620. The Morgan fingerprint density at radius 3 is 2.50 bits per heavy atom. The number of ketones is 1. The van der Waals surface area contributed by atoms with Crippen LogP contribution in [0.15, 0.2) is 24.3 Å². The molecule has 0 aliphatic heterocycles. The van der Waals surface area contributed by atoms with Crippen molar-refractivity contribution in [2.75, 3.05) is 14.2 Å². The van der Waals surface area contributed by atoms with Gasteiger partial charge in [0.15, 0.2) is 5.78 Å². The lowest BCUT2D eigenvalue weighted by molar-refractivity contribution is -0.141. The quantitative estimate of drug-likeness (QED) is 0.574. The van der Waals surface area contributed by atoms with E-state index in [0.29, 0.717) is 12.2 Å². The monoisotopic (exact) mass is 250 g/mol. The van der Waals surface area contributed by atoms with Crippen LogP contribution < -0.4 is 0 Å². The van der Waals surface area contributed by atoms with Gasteiger partial charge in [-0.25, -0.2) is 0 Å². The van der Waals surface area contributed by atoms with E-state index in [-0.39, 0.29) is 18.2 Å². The van der Waals surface area contributed by atoms with Crippen molar-refractivity contribution in [1.82, 2.24) is 0 Å². The first-order chi connectivity index (χ1) is 8.60. The van der Waals surface area contributed by atoms with Crippen LogP contribution in [0.4, 0.5) is 0 Å². The molecular weight excluding hydrogens is 232 g/mol. The summed E-state index contributed by atoms with van der Waals surface area (Å²) in [4.78, 5) is 23.4. The van der Waals surface area contributed by atoms with E-state index in [2.05, 4.69) is 4.74 Å². The number of esters is 1. The second-order valence-corrected chi connectivity index (χ2v) is 4.14. The van der Waals surface area contributed by atoms with Gasteiger partial charge in [-0.1, -0.05) is 31.2 Å². The number of hydrogen-bond acceptors (Lipinski definition) is 4. The van der Waals surface area contributed by atoms with Gasteiger partial charge < -0.3 is 9.47 Å². The molecule has 0 bridgehead atoms. The van der Waals surface area contributed by atoms with Crippen LogP contribution in [0.25, 0.3) is 0 Å². The Balaban J connectivity index is 2.86. The van der Waals surface area contributed by atoms with E-state index in [1.54, 1.807) is 26.2 Å². The molecule has 0 N–H and O–H groups in total. The minimum Gasteiger partial charge on any atom is -0.469 e. The third-order valence-corrected chi connectivity index (χ3v) is 2.73. The van der Waals surface area contributed by atoms with Gasteiger partial charge in [0.25, 0.3) is 0 Å². The smallest absolute Gasteiger partial charge is 0.306 e. The first-order valence-electron chi connectivity index (χ1n) is 5.78. The van der Waals surface area contributed by atoms with Gasteiger partial charge in [-0.05, 0) is 5.56 Å². The zero-order valence-corrected chi connectivity index (χ0v) is 10.9. The summed E-state index contributed by atoms with van der Waals surface area (Å²) >= 11 is 0. The summed E-state index contributed by atoms with van der Waals surface area (Å²) in [5, 5.41) is 0. The number of Topliss-reactive ketones (excluding diaryl/α,β-unsaturated/α-hetero) is 1. The largest absolute Gasteiger partial charge is 0.469 e. The van der Waals surface area contributed by atoms with Crippen molar-refractivity contribution in [3.05, 3.63) is 35.4 Å². The predicted octanol–water partition coefficient (Wildman–Crippen LogP) is 2.21. The Morgan fingerprint density at radius 2 is 1.89 bits per heavy atom. The minimum atomic E-state index is -0.393. The number of methoxy groups -OCH3 is 2. The molecule has 0 saturated carbocycles. The van der Waals surface area contributed by atoms with Crippen molar-refractivity contribution < 1.29 is 19.1 Å².